The quantitative estimate of drug-likeness (QED) is 0.716. The van der Waals surface area contributed by atoms with E-state index in [9.17, 15) is 0 Å². The van der Waals surface area contributed by atoms with Gasteiger partial charge in [-0.1, -0.05) is 5.21 Å². The molecule has 2 heterocycles. The number of methoxy groups -OCH3 is 1. The molecule has 0 saturated carbocycles. The molecular formula is C13H22N6O. The van der Waals surface area contributed by atoms with Gasteiger partial charge in [-0.05, 0) is 19.9 Å². The summed E-state index contributed by atoms with van der Waals surface area (Å²) in [5.41, 5.74) is 3.11. The molecule has 0 unspecified atom stereocenters. The number of nitrogens with zero attached hydrogens (tertiary/aromatic N) is 5. The topological polar surface area (TPSA) is 69.8 Å². The van der Waals surface area contributed by atoms with Gasteiger partial charge in [0.1, 0.15) is 0 Å². The van der Waals surface area contributed by atoms with Crippen molar-refractivity contribution < 1.29 is 4.74 Å². The Morgan fingerprint density at radius 2 is 2.25 bits per heavy atom. The Kier molecular flexibility index (Phi) is 5.25. The van der Waals surface area contributed by atoms with Crippen molar-refractivity contribution in [2.75, 3.05) is 20.3 Å². The molecule has 0 aliphatic rings. The van der Waals surface area contributed by atoms with E-state index in [1.54, 1.807) is 7.11 Å². The monoisotopic (exact) mass is 278 g/mol. The van der Waals surface area contributed by atoms with E-state index in [2.05, 4.69) is 33.7 Å². The summed E-state index contributed by atoms with van der Waals surface area (Å²) in [6, 6.07) is 2.09. The minimum absolute atomic E-state index is 0.694. The Morgan fingerprint density at radius 3 is 3.00 bits per heavy atom. The number of ether oxygens (including phenoxy) is 1. The van der Waals surface area contributed by atoms with Crippen LogP contribution in [-0.4, -0.2) is 45.0 Å². The van der Waals surface area contributed by atoms with Crippen LogP contribution in [0.1, 0.15) is 24.0 Å². The van der Waals surface area contributed by atoms with Crippen molar-refractivity contribution in [2.24, 2.45) is 0 Å². The maximum atomic E-state index is 4.98. The SMILES string of the molecule is CCn1nc(C)cc1Cn1cc(CNCCOC)nn1. The summed E-state index contributed by atoms with van der Waals surface area (Å²) in [6.07, 6.45) is 1.96. The minimum atomic E-state index is 0.694. The highest BCUT2D eigenvalue weighted by atomic mass is 16.5. The average Bonchev–Trinajstić information content (AvgIpc) is 3.02. The largest absolute Gasteiger partial charge is 0.383 e. The molecule has 0 bridgehead atoms. The molecule has 0 aliphatic heterocycles. The van der Waals surface area contributed by atoms with Gasteiger partial charge in [-0.25, -0.2) is 4.68 Å². The number of aryl methyl sites for hydroxylation is 2. The second-order valence-corrected chi connectivity index (χ2v) is 4.67. The zero-order chi connectivity index (χ0) is 14.4. The second-order valence-electron chi connectivity index (χ2n) is 4.67. The summed E-state index contributed by atoms with van der Waals surface area (Å²) in [5, 5.41) is 16.0. The lowest BCUT2D eigenvalue weighted by atomic mass is 10.3. The first-order valence-electron chi connectivity index (χ1n) is 6.85. The van der Waals surface area contributed by atoms with Crippen LogP contribution in [0.5, 0.6) is 0 Å². The number of hydrogen-bond donors (Lipinski definition) is 1. The summed E-state index contributed by atoms with van der Waals surface area (Å²) in [4.78, 5) is 0. The molecule has 0 spiro atoms. The Hall–Kier alpha value is -1.73. The van der Waals surface area contributed by atoms with Crippen LogP contribution in [0.15, 0.2) is 12.3 Å². The van der Waals surface area contributed by atoms with E-state index < -0.39 is 0 Å². The molecule has 0 aliphatic carbocycles. The summed E-state index contributed by atoms with van der Waals surface area (Å²) in [5.74, 6) is 0. The van der Waals surface area contributed by atoms with Gasteiger partial charge in [-0.15, -0.1) is 5.10 Å². The van der Waals surface area contributed by atoms with Crippen molar-refractivity contribution in [3.8, 4) is 0 Å². The van der Waals surface area contributed by atoms with E-state index in [0.29, 0.717) is 19.7 Å². The molecular weight excluding hydrogens is 256 g/mol. The van der Waals surface area contributed by atoms with E-state index >= 15 is 0 Å². The van der Waals surface area contributed by atoms with Crippen molar-refractivity contribution in [1.82, 2.24) is 30.1 Å². The number of rotatable bonds is 8. The number of nitrogens with one attached hydrogen (secondary N) is 1. The highest BCUT2D eigenvalue weighted by Gasteiger charge is 2.07. The van der Waals surface area contributed by atoms with E-state index in [1.165, 1.54) is 0 Å². The fourth-order valence-electron chi connectivity index (χ4n) is 2.05. The molecule has 1 N–H and O–H groups in total. The molecule has 20 heavy (non-hydrogen) atoms. The molecule has 0 fully saturated rings. The van der Waals surface area contributed by atoms with E-state index in [0.717, 1.165) is 30.2 Å². The van der Waals surface area contributed by atoms with Gasteiger partial charge in [0.05, 0.1) is 36.4 Å². The fraction of sp³-hybridized carbons (Fsp3) is 0.615. The highest BCUT2D eigenvalue weighted by Crippen LogP contribution is 2.06. The highest BCUT2D eigenvalue weighted by molar-refractivity contribution is 5.09. The van der Waals surface area contributed by atoms with Gasteiger partial charge in [-0.2, -0.15) is 5.10 Å². The second kappa shape index (κ2) is 7.16. The number of aromatic nitrogens is 5. The summed E-state index contributed by atoms with van der Waals surface area (Å²) in [6.45, 7) is 7.86. The van der Waals surface area contributed by atoms with Gasteiger partial charge in [0.15, 0.2) is 0 Å². The van der Waals surface area contributed by atoms with Crippen LogP contribution in [-0.2, 0) is 24.4 Å². The predicted molar refractivity (Wildman–Crippen MR) is 75.3 cm³/mol. The van der Waals surface area contributed by atoms with Crippen LogP contribution >= 0.6 is 0 Å². The lowest BCUT2D eigenvalue weighted by Crippen LogP contribution is -2.18. The molecule has 0 saturated heterocycles. The first kappa shape index (κ1) is 14.7. The van der Waals surface area contributed by atoms with Crippen LogP contribution in [0.4, 0.5) is 0 Å². The van der Waals surface area contributed by atoms with Gasteiger partial charge in [0.2, 0.25) is 0 Å². The van der Waals surface area contributed by atoms with Crippen molar-refractivity contribution in [3.63, 3.8) is 0 Å². The molecule has 0 aromatic carbocycles. The molecule has 0 atom stereocenters. The van der Waals surface area contributed by atoms with Crippen LogP contribution < -0.4 is 5.32 Å². The maximum Gasteiger partial charge on any atom is 0.0965 e. The summed E-state index contributed by atoms with van der Waals surface area (Å²) in [7, 11) is 1.69. The Balaban J connectivity index is 1.91. The van der Waals surface area contributed by atoms with Gasteiger partial charge in [0.25, 0.3) is 0 Å². The third-order valence-corrected chi connectivity index (χ3v) is 2.98. The summed E-state index contributed by atoms with van der Waals surface area (Å²) < 4.78 is 8.82. The third kappa shape index (κ3) is 3.88. The van der Waals surface area contributed by atoms with Gasteiger partial charge < -0.3 is 10.1 Å². The predicted octanol–water partition coefficient (Wildman–Crippen LogP) is 0.587. The van der Waals surface area contributed by atoms with E-state index in [1.807, 2.05) is 22.5 Å². The smallest absolute Gasteiger partial charge is 0.0965 e. The van der Waals surface area contributed by atoms with Crippen LogP contribution in [0, 0.1) is 6.92 Å². The molecule has 2 aromatic rings. The zero-order valence-electron chi connectivity index (χ0n) is 12.3. The minimum Gasteiger partial charge on any atom is -0.383 e. The van der Waals surface area contributed by atoms with Gasteiger partial charge in [0, 0.05) is 26.7 Å². The average molecular weight is 278 g/mol. The molecule has 0 amide bonds. The van der Waals surface area contributed by atoms with E-state index in [-0.39, 0.29) is 0 Å². The molecule has 2 rings (SSSR count). The standard InChI is InChI=1S/C13H22N6O/c1-4-19-13(7-11(2)16-19)10-18-9-12(15-17-18)8-14-5-6-20-3/h7,9,14H,4-6,8,10H2,1-3H3. The molecule has 2 aromatic heterocycles. The van der Waals surface area contributed by atoms with Gasteiger partial charge >= 0.3 is 0 Å². The zero-order valence-corrected chi connectivity index (χ0v) is 12.3. The molecule has 0 radical (unpaired) electrons. The molecule has 7 heteroatoms. The third-order valence-electron chi connectivity index (χ3n) is 2.98. The lowest BCUT2D eigenvalue weighted by molar-refractivity contribution is 0.199. The van der Waals surface area contributed by atoms with Gasteiger partial charge in [-0.3, -0.25) is 4.68 Å². The fourth-order valence-corrected chi connectivity index (χ4v) is 2.05. The van der Waals surface area contributed by atoms with Crippen molar-refractivity contribution in [1.29, 1.82) is 0 Å². The van der Waals surface area contributed by atoms with Crippen molar-refractivity contribution in [3.05, 3.63) is 29.3 Å². The molecule has 110 valence electrons. The number of hydrogen-bond acceptors (Lipinski definition) is 5. The Morgan fingerprint density at radius 1 is 1.40 bits per heavy atom. The Labute approximate surface area is 118 Å². The normalized spacial score (nSPS) is 11.2. The first-order valence-corrected chi connectivity index (χ1v) is 6.85. The van der Waals surface area contributed by atoms with Crippen LogP contribution in [0.2, 0.25) is 0 Å². The van der Waals surface area contributed by atoms with Crippen molar-refractivity contribution in [2.45, 2.75) is 33.5 Å². The molecule has 7 nitrogen and oxygen atoms in total. The summed E-state index contributed by atoms with van der Waals surface area (Å²) >= 11 is 0. The first-order chi connectivity index (χ1) is 9.72. The maximum absolute atomic E-state index is 4.98. The van der Waals surface area contributed by atoms with Crippen molar-refractivity contribution >= 4 is 0 Å². The lowest BCUT2D eigenvalue weighted by Gasteiger charge is -2.03. The van der Waals surface area contributed by atoms with Crippen LogP contribution in [0.25, 0.3) is 0 Å². The Bertz CT molecular complexity index is 533. The van der Waals surface area contributed by atoms with Crippen LogP contribution in [0.3, 0.4) is 0 Å². The van der Waals surface area contributed by atoms with E-state index in [4.69, 9.17) is 4.74 Å².